The number of benzene rings is 1. The van der Waals surface area contributed by atoms with Gasteiger partial charge in [0, 0.05) is 19.1 Å². The summed E-state index contributed by atoms with van der Waals surface area (Å²) in [6, 6.07) is 9.32. The van der Waals surface area contributed by atoms with Crippen molar-refractivity contribution in [2.75, 3.05) is 20.1 Å². The predicted octanol–water partition coefficient (Wildman–Crippen LogP) is 2.42. The van der Waals surface area contributed by atoms with Gasteiger partial charge in [-0.1, -0.05) is 31.2 Å². The zero-order valence-corrected chi connectivity index (χ0v) is 11.2. The van der Waals surface area contributed by atoms with Crippen LogP contribution in [-0.4, -0.2) is 31.1 Å². The molecule has 1 aliphatic heterocycles. The Balaban J connectivity index is 1.88. The maximum Gasteiger partial charge on any atom is 0.0210 e. The van der Waals surface area contributed by atoms with E-state index in [4.69, 9.17) is 0 Å². The van der Waals surface area contributed by atoms with Gasteiger partial charge in [-0.15, -0.1) is 0 Å². The third-order valence-electron chi connectivity index (χ3n) is 3.92. The van der Waals surface area contributed by atoms with Crippen LogP contribution in [0.3, 0.4) is 0 Å². The van der Waals surface area contributed by atoms with Gasteiger partial charge in [0.25, 0.3) is 0 Å². The molecule has 0 spiro atoms. The maximum absolute atomic E-state index is 3.72. The topological polar surface area (TPSA) is 15.3 Å². The smallest absolute Gasteiger partial charge is 0.0210 e. The molecule has 2 nitrogen and oxygen atoms in total. The van der Waals surface area contributed by atoms with Crippen LogP contribution in [0.2, 0.25) is 0 Å². The molecule has 0 saturated carbocycles. The molecule has 1 saturated heterocycles. The van der Waals surface area contributed by atoms with E-state index in [1.165, 1.54) is 30.6 Å². The van der Waals surface area contributed by atoms with Gasteiger partial charge in [0.1, 0.15) is 0 Å². The summed E-state index contributed by atoms with van der Waals surface area (Å²) in [4.78, 5) is 2.43. The largest absolute Gasteiger partial charge is 0.310 e. The lowest BCUT2D eigenvalue weighted by atomic mass is 9.94. The van der Waals surface area contributed by atoms with E-state index in [2.05, 4.69) is 55.4 Å². The molecule has 1 aliphatic rings. The van der Waals surface area contributed by atoms with Crippen LogP contribution in [0.15, 0.2) is 24.3 Å². The Morgan fingerprint density at radius 2 is 2.12 bits per heavy atom. The van der Waals surface area contributed by atoms with Crippen LogP contribution in [0.1, 0.15) is 24.5 Å². The summed E-state index contributed by atoms with van der Waals surface area (Å²) in [5.41, 5.74) is 2.82. The van der Waals surface area contributed by atoms with E-state index in [0.29, 0.717) is 6.04 Å². The Morgan fingerprint density at radius 3 is 2.82 bits per heavy atom. The van der Waals surface area contributed by atoms with Gasteiger partial charge >= 0.3 is 0 Å². The summed E-state index contributed by atoms with van der Waals surface area (Å²) in [7, 11) is 2.22. The molecule has 1 aromatic carbocycles. The highest BCUT2D eigenvalue weighted by Gasteiger charge is 2.23. The molecule has 2 heteroatoms. The molecule has 1 heterocycles. The number of piperidine rings is 1. The number of hydrogen-bond acceptors (Lipinski definition) is 2. The van der Waals surface area contributed by atoms with Gasteiger partial charge in [0.2, 0.25) is 0 Å². The first-order chi connectivity index (χ1) is 8.16. The van der Waals surface area contributed by atoms with Gasteiger partial charge in [-0.25, -0.2) is 0 Å². The molecule has 2 atom stereocenters. The quantitative estimate of drug-likeness (QED) is 0.861. The molecule has 0 radical (unpaired) electrons. The van der Waals surface area contributed by atoms with E-state index >= 15 is 0 Å². The fourth-order valence-electron chi connectivity index (χ4n) is 2.71. The molecule has 1 N–H and O–H groups in total. The highest BCUT2D eigenvalue weighted by Crippen LogP contribution is 2.16. The third kappa shape index (κ3) is 3.30. The standard InChI is InChI=1S/C15H24N2/c1-12-6-4-5-7-14(12)10-16-15-8-9-17(3)11-13(15)2/h4-7,13,15-16H,8-11H2,1-3H3. The van der Waals surface area contributed by atoms with Crippen molar-refractivity contribution in [3.05, 3.63) is 35.4 Å². The highest BCUT2D eigenvalue weighted by molar-refractivity contribution is 5.25. The third-order valence-corrected chi connectivity index (χ3v) is 3.92. The molecule has 0 aromatic heterocycles. The molecule has 94 valence electrons. The average Bonchev–Trinajstić information content (AvgIpc) is 2.30. The van der Waals surface area contributed by atoms with Crippen molar-refractivity contribution >= 4 is 0 Å². The van der Waals surface area contributed by atoms with E-state index in [0.717, 1.165) is 12.5 Å². The SMILES string of the molecule is Cc1ccccc1CNC1CCN(C)CC1C. The minimum Gasteiger partial charge on any atom is -0.310 e. The molecule has 0 amide bonds. The van der Waals surface area contributed by atoms with Crippen LogP contribution in [0.25, 0.3) is 0 Å². The molecule has 1 aromatic rings. The Bertz CT molecular complexity index is 362. The van der Waals surface area contributed by atoms with Crippen LogP contribution in [0, 0.1) is 12.8 Å². The van der Waals surface area contributed by atoms with Gasteiger partial charge in [-0.05, 0) is 44.0 Å². The molecule has 0 aliphatic carbocycles. The maximum atomic E-state index is 3.72. The number of likely N-dealkylation sites (tertiary alicyclic amines) is 1. The van der Waals surface area contributed by atoms with Gasteiger partial charge < -0.3 is 10.2 Å². The van der Waals surface area contributed by atoms with Crippen molar-refractivity contribution in [1.29, 1.82) is 0 Å². The van der Waals surface area contributed by atoms with Crippen LogP contribution in [-0.2, 0) is 6.54 Å². The second-order valence-electron chi connectivity index (χ2n) is 5.44. The van der Waals surface area contributed by atoms with Crippen LogP contribution < -0.4 is 5.32 Å². The Morgan fingerprint density at radius 1 is 1.35 bits per heavy atom. The Labute approximate surface area is 105 Å². The first kappa shape index (κ1) is 12.6. The van der Waals surface area contributed by atoms with Crippen molar-refractivity contribution in [2.24, 2.45) is 5.92 Å². The minimum absolute atomic E-state index is 0.672. The van der Waals surface area contributed by atoms with Gasteiger partial charge in [0.05, 0.1) is 0 Å². The molecule has 2 rings (SSSR count). The lowest BCUT2D eigenvalue weighted by Gasteiger charge is -2.35. The minimum atomic E-state index is 0.672. The van der Waals surface area contributed by atoms with Crippen molar-refractivity contribution in [3.8, 4) is 0 Å². The summed E-state index contributed by atoms with van der Waals surface area (Å²) in [5, 5.41) is 3.72. The van der Waals surface area contributed by atoms with Crippen LogP contribution in [0.4, 0.5) is 0 Å². The zero-order chi connectivity index (χ0) is 12.3. The van der Waals surface area contributed by atoms with Gasteiger partial charge in [0.15, 0.2) is 0 Å². The van der Waals surface area contributed by atoms with Crippen molar-refractivity contribution < 1.29 is 0 Å². The summed E-state index contributed by atoms with van der Waals surface area (Å²) in [6.07, 6.45) is 1.27. The fraction of sp³-hybridized carbons (Fsp3) is 0.600. The predicted molar refractivity (Wildman–Crippen MR) is 73.1 cm³/mol. The molecule has 0 bridgehead atoms. The van der Waals surface area contributed by atoms with E-state index < -0.39 is 0 Å². The van der Waals surface area contributed by atoms with E-state index in [1.54, 1.807) is 0 Å². The number of nitrogens with one attached hydrogen (secondary N) is 1. The number of nitrogens with zero attached hydrogens (tertiary/aromatic N) is 1. The van der Waals surface area contributed by atoms with Gasteiger partial charge in [-0.3, -0.25) is 0 Å². The summed E-state index contributed by atoms with van der Waals surface area (Å²) < 4.78 is 0. The van der Waals surface area contributed by atoms with E-state index in [9.17, 15) is 0 Å². The number of rotatable bonds is 3. The highest BCUT2D eigenvalue weighted by atomic mass is 15.1. The monoisotopic (exact) mass is 232 g/mol. The van der Waals surface area contributed by atoms with Crippen molar-refractivity contribution in [1.82, 2.24) is 10.2 Å². The summed E-state index contributed by atoms with van der Waals surface area (Å²) in [5.74, 6) is 0.748. The van der Waals surface area contributed by atoms with Crippen molar-refractivity contribution in [3.63, 3.8) is 0 Å². The first-order valence-corrected chi connectivity index (χ1v) is 6.63. The van der Waals surface area contributed by atoms with E-state index in [-0.39, 0.29) is 0 Å². The Hall–Kier alpha value is -0.860. The first-order valence-electron chi connectivity index (χ1n) is 6.63. The van der Waals surface area contributed by atoms with Gasteiger partial charge in [-0.2, -0.15) is 0 Å². The average molecular weight is 232 g/mol. The van der Waals surface area contributed by atoms with Crippen LogP contribution in [0.5, 0.6) is 0 Å². The second kappa shape index (κ2) is 5.65. The Kier molecular flexibility index (Phi) is 4.19. The second-order valence-corrected chi connectivity index (χ2v) is 5.44. The number of aryl methyl sites for hydroxylation is 1. The van der Waals surface area contributed by atoms with Crippen LogP contribution >= 0.6 is 0 Å². The lowest BCUT2D eigenvalue weighted by Crippen LogP contribution is -2.46. The molecule has 1 fully saturated rings. The normalized spacial score (nSPS) is 26.1. The van der Waals surface area contributed by atoms with Crippen molar-refractivity contribution in [2.45, 2.75) is 32.9 Å². The molecule has 17 heavy (non-hydrogen) atoms. The molecule has 2 unspecified atom stereocenters. The summed E-state index contributed by atoms with van der Waals surface area (Å²) >= 11 is 0. The summed E-state index contributed by atoms with van der Waals surface area (Å²) in [6.45, 7) is 7.98. The lowest BCUT2D eigenvalue weighted by molar-refractivity contribution is 0.174. The molecular weight excluding hydrogens is 208 g/mol. The number of hydrogen-bond donors (Lipinski definition) is 1. The fourth-order valence-corrected chi connectivity index (χ4v) is 2.71. The molecular formula is C15H24N2. The van der Waals surface area contributed by atoms with E-state index in [1.807, 2.05) is 0 Å². The zero-order valence-electron chi connectivity index (χ0n) is 11.2.